The Morgan fingerprint density at radius 1 is 1.00 bits per heavy atom. The molecular formula is C12H3ClF5NO2. The second-order valence-corrected chi connectivity index (χ2v) is 4.17. The molecule has 0 fully saturated rings. The molecule has 0 atom stereocenters. The van der Waals surface area contributed by atoms with Crippen LogP contribution in [0.15, 0.2) is 12.3 Å². The van der Waals surface area contributed by atoms with Gasteiger partial charge in [-0.3, -0.25) is 0 Å². The van der Waals surface area contributed by atoms with Crippen molar-refractivity contribution in [2.45, 2.75) is 0 Å². The molecule has 0 saturated carbocycles. The Bertz CT molecular complexity index is 737. The number of aromatic nitrogens is 1. The van der Waals surface area contributed by atoms with Gasteiger partial charge in [-0.25, -0.2) is 31.7 Å². The lowest BCUT2D eigenvalue weighted by Gasteiger charge is -2.09. The average molecular weight is 324 g/mol. The molecule has 0 aliphatic heterocycles. The van der Waals surface area contributed by atoms with Crippen LogP contribution in [0.3, 0.4) is 0 Å². The van der Waals surface area contributed by atoms with Crippen molar-refractivity contribution in [1.82, 2.24) is 4.98 Å². The Kier molecular flexibility index (Phi) is 3.82. The van der Waals surface area contributed by atoms with Gasteiger partial charge >= 0.3 is 5.97 Å². The predicted molar refractivity (Wildman–Crippen MR) is 61.4 cm³/mol. The maximum atomic E-state index is 13.6. The van der Waals surface area contributed by atoms with E-state index in [1.165, 1.54) is 0 Å². The molecule has 3 nitrogen and oxygen atoms in total. The van der Waals surface area contributed by atoms with Gasteiger partial charge in [0.2, 0.25) is 5.82 Å². The molecule has 0 bridgehead atoms. The normalized spacial score (nSPS) is 10.8. The van der Waals surface area contributed by atoms with Crippen LogP contribution in [0.1, 0.15) is 10.4 Å². The number of hydrogen-bond acceptors (Lipinski definition) is 2. The molecule has 1 aromatic carbocycles. The summed E-state index contributed by atoms with van der Waals surface area (Å²) in [6.07, 6.45) is 0.701. The van der Waals surface area contributed by atoms with E-state index in [2.05, 4.69) is 4.98 Å². The van der Waals surface area contributed by atoms with Crippen LogP contribution in [0.4, 0.5) is 22.0 Å². The summed E-state index contributed by atoms with van der Waals surface area (Å²) in [7, 11) is 0. The molecule has 1 N–H and O–H groups in total. The molecule has 0 amide bonds. The van der Waals surface area contributed by atoms with Crippen LogP contribution in [-0.2, 0) is 0 Å². The summed E-state index contributed by atoms with van der Waals surface area (Å²) >= 11 is 5.46. The Morgan fingerprint density at radius 3 is 1.95 bits per heavy atom. The van der Waals surface area contributed by atoms with E-state index < -0.39 is 56.9 Å². The second-order valence-electron chi connectivity index (χ2n) is 3.81. The molecule has 0 saturated heterocycles. The van der Waals surface area contributed by atoms with E-state index in [0.29, 0.717) is 12.3 Å². The summed E-state index contributed by atoms with van der Waals surface area (Å²) < 4.78 is 66.3. The fourth-order valence-electron chi connectivity index (χ4n) is 1.59. The molecule has 0 aliphatic carbocycles. The highest BCUT2D eigenvalue weighted by molar-refractivity contribution is 6.32. The zero-order chi connectivity index (χ0) is 15.9. The van der Waals surface area contributed by atoms with Crippen LogP contribution in [-0.4, -0.2) is 16.1 Å². The molecule has 0 aliphatic rings. The van der Waals surface area contributed by atoms with Gasteiger partial charge in [-0.05, 0) is 6.07 Å². The number of rotatable bonds is 2. The van der Waals surface area contributed by atoms with E-state index in [-0.39, 0.29) is 0 Å². The molecule has 21 heavy (non-hydrogen) atoms. The van der Waals surface area contributed by atoms with Crippen LogP contribution in [0.5, 0.6) is 0 Å². The lowest BCUT2D eigenvalue weighted by Crippen LogP contribution is -2.06. The molecule has 2 rings (SSSR count). The smallest absolute Gasteiger partial charge is 0.338 e. The molecule has 0 unspecified atom stereocenters. The SMILES string of the molecule is O=C(O)c1cc(-c2c(F)c(F)c(F)c(F)c2F)cnc1Cl. The largest absolute Gasteiger partial charge is 0.478 e. The van der Waals surface area contributed by atoms with Crippen LogP contribution in [0.25, 0.3) is 11.1 Å². The third-order valence-corrected chi connectivity index (χ3v) is 2.87. The lowest BCUT2D eigenvalue weighted by molar-refractivity contribution is 0.0696. The lowest BCUT2D eigenvalue weighted by atomic mass is 10.0. The van der Waals surface area contributed by atoms with E-state index >= 15 is 0 Å². The van der Waals surface area contributed by atoms with Crippen LogP contribution < -0.4 is 0 Å². The minimum absolute atomic E-state index is 0.491. The number of carboxylic acids is 1. The van der Waals surface area contributed by atoms with Gasteiger partial charge in [-0.2, -0.15) is 0 Å². The number of hydrogen-bond donors (Lipinski definition) is 1. The Morgan fingerprint density at radius 2 is 1.48 bits per heavy atom. The van der Waals surface area contributed by atoms with Crippen molar-refractivity contribution >= 4 is 17.6 Å². The number of halogens is 6. The molecule has 1 heterocycles. The maximum Gasteiger partial charge on any atom is 0.338 e. The molecule has 9 heteroatoms. The highest BCUT2D eigenvalue weighted by atomic mass is 35.5. The van der Waals surface area contributed by atoms with Gasteiger partial charge in [0.05, 0.1) is 11.1 Å². The van der Waals surface area contributed by atoms with E-state index in [4.69, 9.17) is 16.7 Å². The van der Waals surface area contributed by atoms with Crippen LogP contribution >= 0.6 is 11.6 Å². The van der Waals surface area contributed by atoms with E-state index in [0.717, 1.165) is 0 Å². The van der Waals surface area contributed by atoms with Crippen molar-refractivity contribution in [3.05, 3.63) is 52.1 Å². The van der Waals surface area contributed by atoms with Gasteiger partial charge in [0.25, 0.3) is 0 Å². The monoisotopic (exact) mass is 323 g/mol. The number of carboxylic acid groups (broad SMARTS) is 1. The van der Waals surface area contributed by atoms with Crippen molar-refractivity contribution in [3.8, 4) is 11.1 Å². The van der Waals surface area contributed by atoms with Crippen LogP contribution in [0, 0.1) is 29.1 Å². The predicted octanol–water partition coefficient (Wildman–Crippen LogP) is 3.80. The summed E-state index contributed by atoms with van der Waals surface area (Å²) in [6.45, 7) is 0. The Hall–Kier alpha value is -2.22. The fourth-order valence-corrected chi connectivity index (χ4v) is 1.78. The average Bonchev–Trinajstić information content (AvgIpc) is 2.44. The highest BCUT2D eigenvalue weighted by Crippen LogP contribution is 2.32. The maximum absolute atomic E-state index is 13.6. The summed E-state index contributed by atoms with van der Waals surface area (Å²) in [6, 6.07) is 0.663. The van der Waals surface area contributed by atoms with E-state index in [1.807, 2.05) is 0 Å². The third-order valence-electron chi connectivity index (χ3n) is 2.57. The van der Waals surface area contributed by atoms with Crippen molar-refractivity contribution < 1.29 is 31.9 Å². The quantitative estimate of drug-likeness (QED) is 0.396. The van der Waals surface area contributed by atoms with Gasteiger partial charge in [0.15, 0.2) is 23.3 Å². The first-order chi connectivity index (χ1) is 9.75. The van der Waals surface area contributed by atoms with E-state index in [9.17, 15) is 26.7 Å². The molecular weight excluding hydrogens is 321 g/mol. The molecule has 110 valence electrons. The van der Waals surface area contributed by atoms with Gasteiger partial charge in [-0.1, -0.05) is 11.6 Å². The molecule has 2 aromatic rings. The minimum atomic E-state index is -2.31. The van der Waals surface area contributed by atoms with Crippen molar-refractivity contribution in [2.75, 3.05) is 0 Å². The van der Waals surface area contributed by atoms with Crippen molar-refractivity contribution in [1.29, 1.82) is 0 Å². The summed E-state index contributed by atoms with van der Waals surface area (Å²) in [5, 5.41) is 8.32. The number of aromatic carboxylic acids is 1. The van der Waals surface area contributed by atoms with Crippen LogP contribution in [0.2, 0.25) is 5.15 Å². The molecule has 1 aromatic heterocycles. The molecule has 0 radical (unpaired) electrons. The van der Waals surface area contributed by atoms with E-state index in [1.54, 1.807) is 0 Å². The topological polar surface area (TPSA) is 50.2 Å². The molecule has 0 spiro atoms. The summed E-state index contributed by atoms with van der Waals surface area (Å²) in [5.74, 6) is -12.3. The number of pyridine rings is 1. The first kappa shape index (κ1) is 15.2. The summed E-state index contributed by atoms with van der Waals surface area (Å²) in [5.41, 5.74) is -2.53. The van der Waals surface area contributed by atoms with Gasteiger partial charge in [0, 0.05) is 11.8 Å². The number of carbonyl (C=O) groups is 1. The zero-order valence-electron chi connectivity index (χ0n) is 9.73. The highest BCUT2D eigenvalue weighted by Gasteiger charge is 2.27. The first-order valence-electron chi connectivity index (χ1n) is 5.16. The van der Waals surface area contributed by atoms with Crippen molar-refractivity contribution in [3.63, 3.8) is 0 Å². The Balaban J connectivity index is 2.80. The van der Waals surface area contributed by atoms with Gasteiger partial charge < -0.3 is 5.11 Å². The summed E-state index contributed by atoms with van der Waals surface area (Å²) in [4.78, 5) is 14.2. The minimum Gasteiger partial charge on any atom is -0.478 e. The van der Waals surface area contributed by atoms with Gasteiger partial charge in [-0.15, -0.1) is 0 Å². The fraction of sp³-hybridized carbons (Fsp3) is 0. The first-order valence-corrected chi connectivity index (χ1v) is 5.54. The number of nitrogens with zero attached hydrogens (tertiary/aromatic N) is 1. The van der Waals surface area contributed by atoms with Crippen molar-refractivity contribution in [2.24, 2.45) is 0 Å². The zero-order valence-corrected chi connectivity index (χ0v) is 10.5. The standard InChI is InChI=1S/C12H3ClF5NO2/c13-11-4(12(20)21)1-3(2-19-11)5-6(14)8(16)10(18)9(17)7(5)15/h1-2H,(H,20,21). The number of benzene rings is 1. The Labute approximate surface area is 118 Å². The third kappa shape index (κ3) is 2.42. The second kappa shape index (κ2) is 5.28. The van der Waals surface area contributed by atoms with Gasteiger partial charge in [0.1, 0.15) is 5.15 Å².